The molecule has 0 spiro atoms. The highest BCUT2D eigenvalue weighted by Crippen LogP contribution is 2.41. The average Bonchev–Trinajstić information content (AvgIpc) is 3.62. The summed E-state index contributed by atoms with van der Waals surface area (Å²) in [6.07, 6.45) is 1.75. The van der Waals surface area contributed by atoms with Crippen LogP contribution in [0.4, 0.5) is 0 Å². The highest BCUT2D eigenvalue weighted by atomic mass is 16.3. The quantitative estimate of drug-likeness (QED) is 0.248. The molecule has 0 amide bonds. The molecule has 0 saturated heterocycles. The van der Waals surface area contributed by atoms with Crippen LogP contribution in [0.2, 0.25) is 0 Å². The zero-order chi connectivity index (χ0) is 24.7. The van der Waals surface area contributed by atoms with Crippen molar-refractivity contribution in [2.45, 2.75) is 13.8 Å². The van der Waals surface area contributed by atoms with Crippen LogP contribution >= 0.6 is 0 Å². The zero-order valence-electron chi connectivity index (χ0n) is 20.6. The van der Waals surface area contributed by atoms with Gasteiger partial charge in [0.1, 0.15) is 16.7 Å². The Labute approximate surface area is 213 Å². The third kappa shape index (κ3) is 2.88. The maximum atomic E-state index is 6.20. The van der Waals surface area contributed by atoms with E-state index in [1.165, 1.54) is 49.4 Å². The molecule has 0 radical (unpaired) electrons. The number of para-hydroxylation sites is 1. The second-order valence-electron chi connectivity index (χ2n) is 9.96. The topological polar surface area (TPSA) is 31.2 Å². The van der Waals surface area contributed by atoms with Gasteiger partial charge in [0.05, 0.1) is 17.3 Å². The molecule has 8 aromatic rings. The normalized spacial score (nSPS) is 12.1. The molecule has 0 aliphatic carbocycles. The first-order chi connectivity index (χ1) is 18.2. The van der Waals surface area contributed by atoms with Crippen LogP contribution in [0.25, 0.3) is 71.5 Å². The van der Waals surface area contributed by atoms with E-state index in [4.69, 9.17) is 8.83 Å². The molecule has 3 aromatic heterocycles. The van der Waals surface area contributed by atoms with Crippen molar-refractivity contribution in [2.24, 2.45) is 0 Å². The van der Waals surface area contributed by atoms with Gasteiger partial charge in [-0.3, -0.25) is 0 Å². The van der Waals surface area contributed by atoms with Gasteiger partial charge in [0, 0.05) is 32.6 Å². The summed E-state index contributed by atoms with van der Waals surface area (Å²) in [5.41, 5.74) is 11.2. The van der Waals surface area contributed by atoms with Crippen molar-refractivity contribution < 1.29 is 8.83 Å². The van der Waals surface area contributed by atoms with Gasteiger partial charge in [-0.2, -0.15) is 0 Å². The summed E-state index contributed by atoms with van der Waals surface area (Å²) in [5, 5.41) is 5.94. The van der Waals surface area contributed by atoms with E-state index in [1.807, 2.05) is 18.2 Å². The molecule has 0 atom stereocenters. The van der Waals surface area contributed by atoms with Crippen molar-refractivity contribution in [2.75, 3.05) is 0 Å². The fourth-order valence-electron chi connectivity index (χ4n) is 5.99. The minimum atomic E-state index is 0.903. The molecular formula is C34H23NO2. The Morgan fingerprint density at radius 3 is 2.49 bits per heavy atom. The summed E-state index contributed by atoms with van der Waals surface area (Å²) >= 11 is 0. The van der Waals surface area contributed by atoms with E-state index in [1.54, 1.807) is 6.26 Å². The van der Waals surface area contributed by atoms with Crippen molar-refractivity contribution >= 4 is 54.7 Å². The molecule has 3 heterocycles. The molecule has 0 bridgehead atoms. The fourth-order valence-corrected chi connectivity index (χ4v) is 5.99. The van der Waals surface area contributed by atoms with Crippen molar-refractivity contribution in [1.29, 1.82) is 0 Å². The third-order valence-corrected chi connectivity index (χ3v) is 7.61. The molecule has 37 heavy (non-hydrogen) atoms. The Morgan fingerprint density at radius 2 is 1.54 bits per heavy atom. The van der Waals surface area contributed by atoms with Gasteiger partial charge in [0.25, 0.3) is 0 Å². The van der Waals surface area contributed by atoms with E-state index in [0.29, 0.717) is 0 Å². The summed E-state index contributed by atoms with van der Waals surface area (Å²) in [6.45, 7) is 4.38. The van der Waals surface area contributed by atoms with Crippen LogP contribution in [-0.2, 0) is 0 Å². The fraction of sp³-hybridized carbons (Fsp3) is 0.0588. The minimum Gasteiger partial charge on any atom is -0.464 e. The Balaban J connectivity index is 1.47. The lowest BCUT2D eigenvalue weighted by Crippen LogP contribution is -1.95. The van der Waals surface area contributed by atoms with E-state index in [0.717, 1.165) is 33.2 Å². The Kier molecular flexibility index (Phi) is 4.07. The summed E-state index contributed by atoms with van der Waals surface area (Å²) in [5.74, 6) is 0. The van der Waals surface area contributed by atoms with Crippen LogP contribution in [0.15, 0.2) is 112 Å². The smallest absolute Gasteiger partial charge is 0.136 e. The number of benzene rings is 5. The number of hydrogen-bond donors (Lipinski definition) is 0. The number of rotatable bonds is 2. The molecule has 0 saturated carbocycles. The lowest BCUT2D eigenvalue weighted by molar-refractivity contribution is 0.616. The summed E-state index contributed by atoms with van der Waals surface area (Å²) in [6, 6.07) is 34.5. The third-order valence-electron chi connectivity index (χ3n) is 7.61. The molecule has 3 nitrogen and oxygen atoms in total. The van der Waals surface area contributed by atoms with Gasteiger partial charge in [-0.05, 0) is 91.2 Å². The molecular weight excluding hydrogens is 454 g/mol. The predicted molar refractivity (Wildman–Crippen MR) is 153 cm³/mol. The molecule has 0 unspecified atom stereocenters. The monoisotopic (exact) mass is 477 g/mol. The van der Waals surface area contributed by atoms with Gasteiger partial charge in [-0.25, -0.2) is 0 Å². The second-order valence-corrected chi connectivity index (χ2v) is 9.96. The Hall–Kier alpha value is -4.76. The highest BCUT2D eigenvalue weighted by molar-refractivity contribution is 6.15. The summed E-state index contributed by atoms with van der Waals surface area (Å²) in [7, 11) is 0. The molecule has 176 valence electrons. The van der Waals surface area contributed by atoms with Gasteiger partial charge in [-0.1, -0.05) is 42.0 Å². The molecule has 0 fully saturated rings. The number of aromatic nitrogens is 1. The molecule has 0 N–H and O–H groups in total. The van der Waals surface area contributed by atoms with Gasteiger partial charge in [0.15, 0.2) is 0 Å². The first-order valence-electron chi connectivity index (χ1n) is 12.6. The number of aryl methyl sites for hydroxylation is 2. The maximum absolute atomic E-state index is 6.20. The van der Waals surface area contributed by atoms with Crippen LogP contribution < -0.4 is 0 Å². The Bertz CT molecular complexity index is 2170. The van der Waals surface area contributed by atoms with Gasteiger partial charge < -0.3 is 13.4 Å². The molecule has 8 rings (SSSR count). The van der Waals surface area contributed by atoms with Crippen molar-refractivity contribution in [1.82, 2.24) is 4.57 Å². The summed E-state index contributed by atoms with van der Waals surface area (Å²) < 4.78 is 14.2. The largest absolute Gasteiger partial charge is 0.464 e. The van der Waals surface area contributed by atoms with Crippen LogP contribution in [0, 0.1) is 13.8 Å². The molecule has 3 heteroatoms. The molecule has 0 aliphatic rings. The second kappa shape index (κ2) is 7.37. The maximum Gasteiger partial charge on any atom is 0.136 e. The number of nitrogens with zero attached hydrogens (tertiary/aromatic N) is 1. The van der Waals surface area contributed by atoms with Crippen LogP contribution in [0.1, 0.15) is 11.1 Å². The van der Waals surface area contributed by atoms with E-state index in [-0.39, 0.29) is 0 Å². The van der Waals surface area contributed by atoms with Crippen LogP contribution in [-0.4, -0.2) is 4.57 Å². The van der Waals surface area contributed by atoms with E-state index >= 15 is 0 Å². The van der Waals surface area contributed by atoms with Crippen molar-refractivity contribution in [3.05, 3.63) is 114 Å². The summed E-state index contributed by atoms with van der Waals surface area (Å²) in [4.78, 5) is 0. The zero-order valence-corrected chi connectivity index (χ0v) is 20.6. The van der Waals surface area contributed by atoms with Gasteiger partial charge in [0.2, 0.25) is 0 Å². The van der Waals surface area contributed by atoms with Gasteiger partial charge >= 0.3 is 0 Å². The minimum absolute atomic E-state index is 0.903. The predicted octanol–water partition coefficient (Wildman–Crippen LogP) is 9.71. The van der Waals surface area contributed by atoms with Gasteiger partial charge in [-0.15, -0.1) is 0 Å². The standard InChI is InChI=1S/C34H23NO2/c1-20-10-12-29-27(16-20)28-19-23(25-7-5-9-32-33(25)26-6-3-4-8-31(26)37-32)17-21(2)34(28)35(29)24-11-13-30-22(18-24)14-15-36-30/h3-19H,1-2H3. The number of hydrogen-bond acceptors (Lipinski definition) is 2. The van der Waals surface area contributed by atoms with Crippen molar-refractivity contribution in [3.8, 4) is 16.8 Å². The molecule has 5 aromatic carbocycles. The van der Waals surface area contributed by atoms with Crippen LogP contribution in [0.3, 0.4) is 0 Å². The van der Waals surface area contributed by atoms with E-state index in [2.05, 4.69) is 97.3 Å². The van der Waals surface area contributed by atoms with Crippen LogP contribution in [0.5, 0.6) is 0 Å². The Morgan fingerprint density at radius 1 is 0.649 bits per heavy atom. The number of furan rings is 2. The van der Waals surface area contributed by atoms with Crippen molar-refractivity contribution in [3.63, 3.8) is 0 Å². The lowest BCUT2D eigenvalue weighted by Gasteiger charge is -2.12. The average molecular weight is 478 g/mol. The van der Waals surface area contributed by atoms with E-state index in [9.17, 15) is 0 Å². The first kappa shape index (κ1) is 20.4. The SMILES string of the molecule is Cc1ccc2c(c1)c1cc(-c3cccc4oc5ccccc5c34)cc(C)c1n2-c1ccc2occc2c1. The lowest BCUT2D eigenvalue weighted by atomic mass is 9.96. The van der Waals surface area contributed by atoms with E-state index < -0.39 is 0 Å². The number of fused-ring (bicyclic) bond motifs is 7. The highest BCUT2D eigenvalue weighted by Gasteiger charge is 2.18. The first-order valence-corrected chi connectivity index (χ1v) is 12.6. The molecule has 0 aliphatic heterocycles.